The number of aryl methyl sites for hydroxylation is 2. The van der Waals surface area contributed by atoms with E-state index in [1.54, 1.807) is 11.3 Å². The zero-order chi connectivity index (χ0) is 11.4. The summed E-state index contributed by atoms with van der Waals surface area (Å²) in [6.07, 6.45) is 5.96. The molecule has 1 aromatic heterocycles. The maximum absolute atomic E-state index is 5.19. The first-order valence-electron chi connectivity index (χ1n) is 5.83. The van der Waals surface area contributed by atoms with E-state index in [4.69, 9.17) is 12.2 Å². The number of anilines is 1. The van der Waals surface area contributed by atoms with Crippen molar-refractivity contribution in [1.82, 2.24) is 10.3 Å². The summed E-state index contributed by atoms with van der Waals surface area (Å²) in [6, 6.07) is 0. The summed E-state index contributed by atoms with van der Waals surface area (Å²) in [5.41, 5.74) is 1.28. The minimum Gasteiger partial charge on any atom is -0.362 e. The van der Waals surface area contributed by atoms with Crippen molar-refractivity contribution >= 4 is 33.8 Å². The summed E-state index contributed by atoms with van der Waals surface area (Å²) < 4.78 is 0. The van der Waals surface area contributed by atoms with Crippen LogP contribution in [-0.4, -0.2) is 16.6 Å². The molecule has 5 heteroatoms. The number of hydrogen-bond acceptors (Lipinski definition) is 3. The predicted octanol–water partition coefficient (Wildman–Crippen LogP) is 2.72. The van der Waals surface area contributed by atoms with Gasteiger partial charge in [-0.25, -0.2) is 4.98 Å². The van der Waals surface area contributed by atoms with Crippen LogP contribution in [-0.2, 0) is 12.8 Å². The molecule has 0 bridgehead atoms. The van der Waals surface area contributed by atoms with Gasteiger partial charge in [0.25, 0.3) is 0 Å². The monoisotopic (exact) mass is 255 g/mol. The number of thiocarbonyl (C=S) groups is 1. The van der Waals surface area contributed by atoms with Gasteiger partial charge < -0.3 is 10.6 Å². The lowest BCUT2D eigenvalue weighted by Gasteiger charge is -2.06. The largest absolute Gasteiger partial charge is 0.362 e. The van der Waals surface area contributed by atoms with Gasteiger partial charge in [-0.15, -0.1) is 11.3 Å². The van der Waals surface area contributed by atoms with Crippen molar-refractivity contribution < 1.29 is 0 Å². The summed E-state index contributed by atoms with van der Waals surface area (Å²) >= 11 is 6.93. The van der Waals surface area contributed by atoms with E-state index in [1.165, 1.54) is 29.8 Å². The Morgan fingerprint density at radius 1 is 1.44 bits per heavy atom. The van der Waals surface area contributed by atoms with E-state index >= 15 is 0 Å². The van der Waals surface area contributed by atoms with Gasteiger partial charge in [0.2, 0.25) is 0 Å². The second-order valence-corrected chi connectivity index (χ2v) is 5.47. The van der Waals surface area contributed by atoms with E-state index in [2.05, 4.69) is 22.5 Å². The SMILES string of the molecule is CCCNC(=S)Nc1nc2c(s1)CCCC2. The van der Waals surface area contributed by atoms with Gasteiger partial charge in [-0.05, 0) is 44.3 Å². The highest BCUT2D eigenvalue weighted by Gasteiger charge is 2.15. The van der Waals surface area contributed by atoms with Crippen molar-refractivity contribution in [2.75, 3.05) is 11.9 Å². The first-order chi connectivity index (χ1) is 7.79. The van der Waals surface area contributed by atoms with Gasteiger partial charge in [0.15, 0.2) is 10.2 Å². The van der Waals surface area contributed by atoms with Crippen LogP contribution in [0.4, 0.5) is 5.13 Å². The fraction of sp³-hybridized carbons (Fsp3) is 0.636. The van der Waals surface area contributed by atoms with E-state index in [1.807, 2.05) is 0 Å². The highest BCUT2D eigenvalue weighted by Crippen LogP contribution is 2.29. The van der Waals surface area contributed by atoms with Crippen LogP contribution in [0.2, 0.25) is 0 Å². The molecule has 0 aromatic carbocycles. The van der Waals surface area contributed by atoms with Gasteiger partial charge in [0, 0.05) is 11.4 Å². The molecule has 0 spiro atoms. The molecule has 16 heavy (non-hydrogen) atoms. The molecule has 2 N–H and O–H groups in total. The van der Waals surface area contributed by atoms with E-state index < -0.39 is 0 Å². The molecule has 0 fully saturated rings. The predicted molar refractivity (Wildman–Crippen MR) is 73.3 cm³/mol. The molecule has 2 rings (SSSR count). The van der Waals surface area contributed by atoms with Crippen LogP contribution in [0.25, 0.3) is 0 Å². The summed E-state index contributed by atoms with van der Waals surface area (Å²) in [7, 11) is 0. The quantitative estimate of drug-likeness (QED) is 0.814. The molecule has 0 radical (unpaired) electrons. The molecule has 1 heterocycles. The Hall–Kier alpha value is -0.680. The number of nitrogens with one attached hydrogen (secondary N) is 2. The van der Waals surface area contributed by atoms with E-state index in [-0.39, 0.29) is 0 Å². The van der Waals surface area contributed by atoms with Crippen molar-refractivity contribution in [2.45, 2.75) is 39.0 Å². The van der Waals surface area contributed by atoms with Gasteiger partial charge in [0.05, 0.1) is 5.69 Å². The van der Waals surface area contributed by atoms with Gasteiger partial charge in [0.1, 0.15) is 0 Å². The second kappa shape index (κ2) is 5.59. The van der Waals surface area contributed by atoms with Crippen molar-refractivity contribution in [3.63, 3.8) is 0 Å². The number of thiazole rings is 1. The molecular weight excluding hydrogens is 238 g/mol. The van der Waals surface area contributed by atoms with Crippen molar-refractivity contribution in [3.8, 4) is 0 Å². The van der Waals surface area contributed by atoms with Crippen molar-refractivity contribution in [3.05, 3.63) is 10.6 Å². The maximum atomic E-state index is 5.19. The van der Waals surface area contributed by atoms with Gasteiger partial charge in [-0.2, -0.15) is 0 Å². The highest BCUT2D eigenvalue weighted by molar-refractivity contribution is 7.80. The normalized spacial score (nSPS) is 14.3. The maximum Gasteiger partial charge on any atom is 0.189 e. The van der Waals surface area contributed by atoms with Crippen LogP contribution >= 0.6 is 23.6 Å². The fourth-order valence-corrected chi connectivity index (χ4v) is 3.10. The van der Waals surface area contributed by atoms with E-state index in [9.17, 15) is 0 Å². The third-order valence-corrected chi connectivity index (χ3v) is 3.92. The molecule has 1 aliphatic carbocycles. The highest BCUT2D eigenvalue weighted by atomic mass is 32.1. The Labute approximate surface area is 106 Å². The summed E-state index contributed by atoms with van der Waals surface area (Å²) in [4.78, 5) is 6.02. The average molecular weight is 255 g/mol. The Balaban J connectivity index is 1.94. The Morgan fingerprint density at radius 3 is 3.00 bits per heavy atom. The molecule has 0 unspecified atom stereocenters. The van der Waals surface area contributed by atoms with Crippen LogP contribution in [0.5, 0.6) is 0 Å². The zero-order valence-corrected chi connectivity index (χ0v) is 11.1. The Kier molecular flexibility index (Phi) is 4.12. The van der Waals surface area contributed by atoms with Crippen molar-refractivity contribution in [2.24, 2.45) is 0 Å². The summed E-state index contributed by atoms with van der Waals surface area (Å²) in [5.74, 6) is 0. The van der Waals surface area contributed by atoms with E-state index in [0.717, 1.165) is 24.5 Å². The van der Waals surface area contributed by atoms with Crippen LogP contribution in [0.3, 0.4) is 0 Å². The first kappa shape index (κ1) is 11.8. The number of rotatable bonds is 3. The number of fused-ring (bicyclic) bond motifs is 1. The topological polar surface area (TPSA) is 37.0 Å². The number of aromatic nitrogens is 1. The number of nitrogens with zero attached hydrogens (tertiary/aromatic N) is 1. The molecular formula is C11H17N3S2. The lowest BCUT2D eigenvalue weighted by Crippen LogP contribution is -2.28. The Morgan fingerprint density at radius 2 is 2.25 bits per heavy atom. The molecule has 0 saturated heterocycles. The van der Waals surface area contributed by atoms with E-state index in [0.29, 0.717) is 5.11 Å². The van der Waals surface area contributed by atoms with Gasteiger partial charge >= 0.3 is 0 Å². The molecule has 3 nitrogen and oxygen atoms in total. The lowest BCUT2D eigenvalue weighted by molar-refractivity contribution is 0.683. The average Bonchev–Trinajstić information content (AvgIpc) is 2.68. The van der Waals surface area contributed by atoms with Crippen LogP contribution < -0.4 is 10.6 Å². The molecule has 0 saturated carbocycles. The molecule has 1 aromatic rings. The summed E-state index contributed by atoms with van der Waals surface area (Å²) in [5, 5.41) is 7.94. The molecule has 1 aliphatic rings. The zero-order valence-electron chi connectivity index (χ0n) is 9.51. The Bertz CT molecular complexity index is 350. The minimum absolute atomic E-state index is 0.688. The molecule has 0 atom stereocenters. The smallest absolute Gasteiger partial charge is 0.189 e. The van der Waals surface area contributed by atoms with Crippen molar-refractivity contribution in [1.29, 1.82) is 0 Å². The minimum atomic E-state index is 0.688. The van der Waals surface area contributed by atoms with Gasteiger partial charge in [-0.1, -0.05) is 6.92 Å². The molecule has 0 amide bonds. The standard InChI is InChI=1S/C11H17N3S2/c1-2-7-12-10(15)14-11-13-8-5-3-4-6-9(8)16-11/h2-7H2,1H3,(H2,12,13,14,15). The fourth-order valence-electron chi connectivity index (χ4n) is 1.79. The van der Waals surface area contributed by atoms with Crippen LogP contribution in [0.1, 0.15) is 36.8 Å². The summed E-state index contributed by atoms with van der Waals surface area (Å²) in [6.45, 7) is 3.04. The third kappa shape index (κ3) is 2.92. The number of hydrogen-bond donors (Lipinski definition) is 2. The first-order valence-corrected chi connectivity index (χ1v) is 7.05. The van der Waals surface area contributed by atoms with Crippen LogP contribution in [0, 0.1) is 0 Å². The lowest BCUT2D eigenvalue weighted by atomic mass is 10.0. The molecule has 88 valence electrons. The molecule has 0 aliphatic heterocycles. The third-order valence-electron chi connectivity index (χ3n) is 2.60. The van der Waals surface area contributed by atoms with Crippen LogP contribution in [0.15, 0.2) is 0 Å². The second-order valence-electron chi connectivity index (χ2n) is 3.98. The van der Waals surface area contributed by atoms with Gasteiger partial charge in [-0.3, -0.25) is 0 Å².